The van der Waals surface area contributed by atoms with Gasteiger partial charge in [0.05, 0.1) is 12.1 Å². The summed E-state index contributed by atoms with van der Waals surface area (Å²) in [6.45, 7) is 2.84. The van der Waals surface area contributed by atoms with E-state index in [0.29, 0.717) is 13.1 Å². The van der Waals surface area contributed by atoms with Gasteiger partial charge in [-0.15, -0.1) is 0 Å². The quantitative estimate of drug-likeness (QED) is 0.863. The Hall–Kier alpha value is -1.46. The van der Waals surface area contributed by atoms with Gasteiger partial charge in [0.15, 0.2) is 0 Å². The Morgan fingerprint density at radius 3 is 3.11 bits per heavy atom. The molecule has 102 valence electrons. The van der Waals surface area contributed by atoms with Gasteiger partial charge in [0.2, 0.25) is 5.91 Å². The van der Waals surface area contributed by atoms with E-state index in [9.17, 15) is 9.18 Å². The number of ether oxygens (including phenoxy) is 1. The first-order valence-corrected chi connectivity index (χ1v) is 6.54. The number of morpholine rings is 1. The van der Waals surface area contributed by atoms with Crippen LogP contribution in [0.25, 0.3) is 0 Å². The zero-order valence-electron chi connectivity index (χ0n) is 10.7. The standard InChI is InChI=1S/C14H17FN2O2/c15-12-3-1-2-11(6-12)7-17-10-14(4-5-16-9-14)19-8-13(17)18/h1-3,6,16H,4-5,7-10H2. The lowest BCUT2D eigenvalue weighted by molar-refractivity contribution is -0.161. The summed E-state index contributed by atoms with van der Waals surface area (Å²) in [4.78, 5) is 13.7. The van der Waals surface area contributed by atoms with Gasteiger partial charge in [-0.25, -0.2) is 4.39 Å². The van der Waals surface area contributed by atoms with E-state index >= 15 is 0 Å². The van der Waals surface area contributed by atoms with Crippen molar-refractivity contribution in [3.8, 4) is 0 Å². The molecule has 0 bridgehead atoms. The molecule has 1 atom stereocenters. The highest BCUT2D eigenvalue weighted by Gasteiger charge is 2.41. The second-order valence-electron chi connectivity index (χ2n) is 5.28. The minimum atomic E-state index is -0.268. The van der Waals surface area contributed by atoms with Crippen LogP contribution in [-0.2, 0) is 16.1 Å². The first-order chi connectivity index (χ1) is 9.17. The van der Waals surface area contributed by atoms with Crippen LogP contribution in [0, 0.1) is 5.82 Å². The monoisotopic (exact) mass is 264 g/mol. The maximum atomic E-state index is 13.2. The predicted molar refractivity (Wildman–Crippen MR) is 68.0 cm³/mol. The fraction of sp³-hybridized carbons (Fsp3) is 0.500. The average Bonchev–Trinajstić information content (AvgIpc) is 2.83. The molecule has 0 saturated carbocycles. The number of carbonyl (C=O) groups is 1. The minimum Gasteiger partial charge on any atom is -0.362 e. The highest BCUT2D eigenvalue weighted by Crippen LogP contribution is 2.26. The number of rotatable bonds is 2. The molecule has 1 unspecified atom stereocenters. The van der Waals surface area contributed by atoms with Crippen molar-refractivity contribution in [2.45, 2.75) is 18.6 Å². The van der Waals surface area contributed by atoms with Crippen molar-refractivity contribution in [3.63, 3.8) is 0 Å². The molecule has 0 radical (unpaired) electrons. The van der Waals surface area contributed by atoms with Crippen molar-refractivity contribution in [2.75, 3.05) is 26.2 Å². The summed E-state index contributed by atoms with van der Waals surface area (Å²) < 4.78 is 18.9. The SMILES string of the molecule is O=C1COC2(CCNC2)CN1Cc1cccc(F)c1. The third-order valence-electron chi connectivity index (χ3n) is 3.80. The first-order valence-electron chi connectivity index (χ1n) is 6.54. The largest absolute Gasteiger partial charge is 0.362 e. The molecule has 2 aliphatic heterocycles. The highest BCUT2D eigenvalue weighted by molar-refractivity contribution is 5.78. The second kappa shape index (κ2) is 4.90. The number of amides is 1. The van der Waals surface area contributed by atoms with Crippen LogP contribution in [0.2, 0.25) is 0 Å². The fourth-order valence-electron chi connectivity index (χ4n) is 2.77. The smallest absolute Gasteiger partial charge is 0.249 e. The molecule has 2 heterocycles. The van der Waals surface area contributed by atoms with Gasteiger partial charge in [0.25, 0.3) is 0 Å². The molecular formula is C14H17FN2O2. The van der Waals surface area contributed by atoms with Crippen LogP contribution in [0.4, 0.5) is 4.39 Å². The highest BCUT2D eigenvalue weighted by atomic mass is 19.1. The Balaban J connectivity index is 1.73. The molecule has 2 fully saturated rings. The number of halogens is 1. The van der Waals surface area contributed by atoms with Crippen molar-refractivity contribution in [1.82, 2.24) is 10.2 Å². The number of nitrogens with zero attached hydrogens (tertiary/aromatic N) is 1. The van der Waals surface area contributed by atoms with Crippen LogP contribution in [0.15, 0.2) is 24.3 Å². The number of nitrogens with one attached hydrogen (secondary N) is 1. The summed E-state index contributed by atoms with van der Waals surface area (Å²) in [6, 6.07) is 6.39. The maximum absolute atomic E-state index is 13.2. The Labute approximate surface area is 111 Å². The van der Waals surface area contributed by atoms with E-state index in [2.05, 4.69) is 5.32 Å². The Kier molecular flexibility index (Phi) is 3.24. The molecule has 1 spiro atoms. The van der Waals surface area contributed by atoms with Crippen LogP contribution in [0.5, 0.6) is 0 Å². The van der Waals surface area contributed by atoms with Crippen LogP contribution in [0.3, 0.4) is 0 Å². The number of hydrogen-bond donors (Lipinski definition) is 1. The molecule has 1 N–H and O–H groups in total. The van der Waals surface area contributed by atoms with Crippen molar-refractivity contribution in [2.24, 2.45) is 0 Å². The van der Waals surface area contributed by atoms with Gasteiger partial charge in [-0.05, 0) is 30.7 Å². The van der Waals surface area contributed by atoms with Gasteiger partial charge in [-0.2, -0.15) is 0 Å². The lowest BCUT2D eigenvalue weighted by atomic mass is 10.00. The maximum Gasteiger partial charge on any atom is 0.249 e. The van der Waals surface area contributed by atoms with Crippen molar-refractivity contribution >= 4 is 5.91 Å². The molecule has 2 aliphatic rings. The molecule has 1 amide bonds. The van der Waals surface area contributed by atoms with E-state index in [1.165, 1.54) is 12.1 Å². The lowest BCUT2D eigenvalue weighted by Crippen LogP contribution is -2.55. The van der Waals surface area contributed by atoms with E-state index < -0.39 is 0 Å². The third-order valence-corrected chi connectivity index (χ3v) is 3.80. The average molecular weight is 264 g/mol. The van der Waals surface area contributed by atoms with E-state index in [0.717, 1.165) is 25.1 Å². The molecule has 4 nitrogen and oxygen atoms in total. The Morgan fingerprint density at radius 1 is 1.47 bits per heavy atom. The molecule has 1 aromatic carbocycles. The molecule has 19 heavy (non-hydrogen) atoms. The van der Waals surface area contributed by atoms with Crippen LogP contribution in [0.1, 0.15) is 12.0 Å². The molecule has 1 aromatic rings. The Morgan fingerprint density at radius 2 is 2.37 bits per heavy atom. The van der Waals surface area contributed by atoms with Gasteiger partial charge in [-0.1, -0.05) is 12.1 Å². The van der Waals surface area contributed by atoms with Crippen LogP contribution >= 0.6 is 0 Å². The predicted octanol–water partition coefficient (Wildman–Crippen LogP) is 0.917. The summed E-state index contributed by atoms with van der Waals surface area (Å²) in [6.07, 6.45) is 0.917. The number of benzene rings is 1. The molecule has 5 heteroatoms. The zero-order chi connectivity index (χ0) is 13.3. The van der Waals surface area contributed by atoms with E-state index in [-0.39, 0.29) is 23.9 Å². The normalized spacial score (nSPS) is 27.2. The van der Waals surface area contributed by atoms with E-state index in [1.54, 1.807) is 11.0 Å². The summed E-state index contributed by atoms with van der Waals surface area (Å²) in [5.41, 5.74) is 0.567. The molecular weight excluding hydrogens is 247 g/mol. The van der Waals surface area contributed by atoms with Crippen LogP contribution in [-0.4, -0.2) is 42.6 Å². The van der Waals surface area contributed by atoms with E-state index in [4.69, 9.17) is 4.74 Å². The summed E-state index contributed by atoms with van der Waals surface area (Å²) in [7, 11) is 0. The van der Waals surface area contributed by atoms with Crippen LogP contribution < -0.4 is 5.32 Å². The van der Waals surface area contributed by atoms with Gasteiger partial charge in [0, 0.05) is 13.1 Å². The van der Waals surface area contributed by atoms with Crippen molar-refractivity contribution in [3.05, 3.63) is 35.6 Å². The zero-order valence-corrected chi connectivity index (χ0v) is 10.7. The number of carbonyl (C=O) groups excluding carboxylic acids is 1. The van der Waals surface area contributed by atoms with Gasteiger partial charge in [-0.3, -0.25) is 4.79 Å². The molecule has 0 aliphatic carbocycles. The number of hydrogen-bond acceptors (Lipinski definition) is 3. The summed E-state index contributed by atoms with van der Waals surface area (Å²) in [5.74, 6) is -0.294. The fourth-order valence-corrected chi connectivity index (χ4v) is 2.77. The van der Waals surface area contributed by atoms with Gasteiger partial charge < -0.3 is 15.0 Å². The minimum absolute atomic E-state index is 0.0261. The molecule has 3 rings (SSSR count). The van der Waals surface area contributed by atoms with E-state index in [1.807, 2.05) is 6.07 Å². The topological polar surface area (TPSA) is 41.6 Å². The third kappa shape index (κ3) is 2.62. The summed E-state index contributed by atoms with van der Waals surface area (Å²) >= 11 is 0. The molecule has 2 saturated heterocycles. The van der Waals surface area contributed by atoms with Crippen molar-refractivity contribution < 1.29 is 13.9 Å². The molecule has 0 aromatic heterocycles. The summed E-state index contributed by atoms with van der Waals surface area (Å²) in [5, 5.41) is 3.27. The van der Waals surface area contributed by atoms with Gasteiger partial charge >= 0.3 is 0 Å². The van der Waals surface area contributed by atoms with Gasteiger partial charge in [0.1, 0.15) is 12.4 Å². The Bertz CT molecular complexity index is 486. The lowest BCUT2D eigenvalue weighted by Gasteiger charge is -2.39. The van der Waals surface area contributed by atoms with Crippen molar-refractivity contribution in [1.29, 1.82) is 0 Å². The second-order valence-corrected chi connectivity index (χ2v) is 5.28. The first kappa shape index (κ1) is 12.6.